The molecule has 0 fully saturated rings. The summed E-state index contributed by atoms with van der Waals surface area (Å²) in [5, 5.41) is 17.4. The first-order chi connectivity index (χ1) is 13.9. The molecule has 0 aliphatic carbocycles. The van der Waals surface area contributed by atoms with E-state index in [9.17, 15) is 5.11 Å². The molecule has 0 spiro atoms. The number of aliphatic hydroxyl groups excluding tert-OH is 1. The van der Waals surface area contributed by atoms with Crippen LogP contribution in [0.2, 0.25) is 0 Å². The van der Waals surface area contributed by atoms with E-state index in [0.717, 1.165) is 35.6 Å². The van der Waals surface area contributed by atoms with Gasteiger partial charge in [-0.25, -0.2) is 0 Å². The molecule has 6 nitrogen and oxygen atoms in total. The van der Waals surface area contributed by atoms with Gasteiger partial charge in [-0.15, -0.1) is 0 Å². The highest BCUT2D eigenvalue weighted by molar-refractivity contribution is 5.80. The van der Waals surface area contributed by atoms with Gasteiger partial charge in [-0.1, -0.05) is 30.3 Å². The molecular formula is C23H31N3O3. The first-order valence-corrected chi connectivity index (χ1v) is 10.1. The van der Waals surface area contributed by atoms with Gasteiger partial charge < -0.3 is 25.2 Å². The number of aliphatic imine (C=N–C) groups is 1. The highest BCUT2D eigenvalue weighted by Gasteiger charge is 2.34. The molecule has 1 aliphatic rings. The van der Waals surface area contributed by atoms with Gasteiger partial charge in [-0.2, -0.15) is 0 Å². The highest BCUT2D eigenvalue weighted by atomic mass is 16.5. The van der Waals surface area contributed by atoms with Crippen LogP contribution in [0.4, 0.5) is 0 Å². The normalized spacial score (nSPS) is 18.9. The number of hydrogen-bond acceptors (Lipinski definition) is 4. The maximum atomic E-state index is 10.6. The first-order valence-electron chi connectivity index (χ1n) is 10.1. The van der Waals surface area contributed by atoms with Crippen LogP contribution in [0.25, 0.3) is 0 Å². The standard InChI is InChI=1S/C23H31N3O3/c1-5-24-22(25-15-20(27)16-9-8-10-17(13-16)28-4)26-19-14-23(2,3)29-21-12-7-6-11-18(19)21/h6-13,19-20,27H,5,14-15H2,1-4H3,(H2,24,25,26). The number of aliphatic hydroxyl groups is 1. The predicted molar refractivity (Wildman–Crippen MR) is 116 cm³/mol. The van der Waals surface area contributed by atoms with Crippen molar-refractivity contribution in [1.82, 2.24) is 10.6 Å². The maximum absolute atomic E-state index is 10.6. The van der Waals surface area contributed by atoms with E-state index in [1.165, 1.54) is 0 Å². The zero-order valence-corrected chi connectivity index (χ0v) is 17.6. The molecule has 6 heteroatoms. The zero-order valence-electron chi connectivity index (χ0n) is 17.6. The summed E-state index contributed by atoms with van der Waals surface area (Å²) in [5.41, 5.74) is 1.62. The maximum Gasteiger partial charge on any atom is 0.191 e. The summed E-state index contributed by atoms with van der Waals surface area (Å²) in [6, 6.07) is 15.6. The number of rotatable bonds is 6. The Morgan fingerprint density at radius 2 is 2.07 bits per heavy atom. The SMILES string of the molecule is CCNC(=NCC(O)c1cccc(OC)c1)NC1CC(C)(C)Oc2ccccc21. The minimum Gasteiger partial charge on any atom is -0.497 e. The molecule has 2 unspecified atom stereocenters. The molecular weight excluding hydrogens is 366 g/mol. The van der Waals surface area contributed by atoms with Gasteiger partial charge in [0.1, 0.15) is 17.1 Å². The second kappa shape index (κ2) is 9.18. The van der Waals surface area contributed by atoms with Crippen LogP contribution in [0.15, 0.2) is 53.5 Å². The lowest BCUT2D eigenvalue weighted by Gasteiger charge is -2.38. The van der Waals surface area contributed by atoms with Gasteiger partial charge in [0.15, 0.2) is 5.96 Å². The van der Waals surface area contributed by atoms with Crippen molar-refractivity contribution in [3.8, 4) is 11.5 Å². The summed E-state index contributed by atoms with van der Waals surface area (Å²) in [5.74, 6) is 2.29. The van der Waals surface area contributed by atoms with Crippen molar-refractivity contribution < 1.29 is 14.6 Å². The van der Waals surface area contributed by atoms with E-state index < -0.39 is 6.10 Å². The van der Waals surface area contributed by atoms with E-state index in [-0.39, 0.29) is 18.2 Å². The number of benzene rings is 2. The number of nitrogens with one attached hydrogen (secondary N) is 2. The Labute approximate surface area is 173 Å². The van der Waals surface area contributed by atoms with Crippen molar-refractivity contribution in [2.45, 2.75) is 44.9 Å². The van der Waals surface area contributed by atoms with Crippen LogP contribution < -0.4 is 20.1 Å². The number of para-hydroxylation sites is 1. The minimum absolute atomic E-state index is 0.0710. The van der Waals surface area contributed by atoms with Crippen LogP contribution in [0.5, 0.6) is 11.5 Å². The van der Waals surface area contributed by atoms with Crippen molar-refractivity contribution in [2.24, 2.45) is 4.99 Å². The van der Waals surface area contributed by atoms with Crippen LogP contribution in [0.1, 0.15) is 50.5 Å². The third-order valence-corrected chi connectivity index (χ3v) is 4.93. The number of methoxy groups -OCH3 is 1. The van der Waals surface area contributed by atoms with Crippen molar-refractivity contribution in [1.29, 1.82) is 0 Å². The molecule has 2 aromatic carbocycles. The smallest absolute Gasteiger partial charge is 0.191 e. The number of guanidine groups is 1. The third-order valence-electron chi connectivity index (χ3n) is 4.93. The van der Waals surface area contributed by atoms with Crippen LogP contribution >= 0.6 is 0 Å². The Hall–Kier alpha value is -2.73. The lowest BCUT2D eigenvalue weighted by Crippen LogP contribution is -2.45. The monoisotopic (exact) mass is 397 g/mol. The molecule has 2 atom stereocenters. The van der Waals surface area contributed by atoms with E-state index in [4.69, 9.17) is 9.47 Å². The second-order valence-corrected chi connectivity index (χ2v) is 7.81. The molecule has 0 saturated heterocycles. The molecule has 2 aromatic rings. The molecule has 156 valence electrons. The minimum atomic E-state index is -0.709. The van der Waals surface area contributed by atoms with E-state index >= 15 is 0 Å². The van der Waals surface area contributed by atoms with Gasteiger partial charge >= 0.3 is 0 Å². The molecule has 29 heavy (non-hydrogen) atoms. The zero-order chi connectivity index (χ0) is 20.9. The van der Waals surface area contributed by atoms with E-state index in [1.807, 2.05) is 49.4 Å². The van der Waals surface area contributed by atoms with Gasteiger partial charge in [-0.3, -0.25) is 4.99 Å². The molecule has 0 aromatic heterocycles. The number of nitrogens with zero attached hydrogens (tertiary/aromatic N) is 1. The largest absolute Gasteiger partial charge is 0.497 e. The van der Waals surface area contributed by atoms with Crippen molar-refractivity contribution >= 4 is 5.96 Å². The van der Waals surface area contributed by atoms with Crippen LogP contribution in [-0.4, -0.2) is 36.9 Å². The van der Waals surface area contributed by atoms with Gasteiger partial charge in [0.25, 0.3) is 0 Å². The molecule has 3 N–H and O–H groups in total. The lowest BCUT2D eigenvalue weighted by molar-refractivity contribution is 0.0693. The van der Waals surface area contributed by atoms with Gasteiger partial charge in [-0.05, 0) is 44.5 Å². The molecule has 1 heterocycles. The Bertz CT molecular complexity index is 851. The van der Waals surface area contributed by atoms with Crippen molar-refractivity contribution in [3.05, 3.63) is 59.7 Å². The fourth-order valence-corrected chi connectivity index (χ4v) is 3.55. The summed E-state index contributed by atoms with van der Waals surface area (Å²) < 4.78 is 11.4. The number of fused-ring (bicyclic) bond motifs is 1. The molecule has 3 rings (SSSR count). The van der Waals surface area contributed by atoms with Crippen LogP contribution in [0, 0.1) is 0 Å². The van der Waals surface area contributed by atoms with E-state index in [1.54, 1.807) is 7.11 Å². The summed E-state index contributed by atoms with van der Waals surface area (Å²) in [6.07, 6.45) is 0.103. The summed E-state index contributed by atoms with van der Waals surface area (Å²) >= 11 is 0. The average molecular weight is 398 g/mol. The Balaban J connectivity index is 1.75. The summed E-state index contributed by atoms with van der Waals surface area (Å²) in [7, 11) is 1.62. The van der Waals surface area contributed by atoms with Gasteiger partial charge in [0.2, 0.25) is 0 Å². The quantitative estimate of drug-likeness (QED) is 0.513. The predicted octanol–water partition coefficient (Wildman–Crippen LogP) is 3.59. The third kappa shape index (κ3) is 5.41. The molecule has 0 radical (unpaired) electrons. The number of hydrogen-bond donors (Lipinski definition) is 3. The Kier molecular flexibility index (Phi) is 6.64. The molecule has 1 aliphatic heterocycles. The lowest BCUT2D eigenvalue weighted by atomic mass is 9.90. The Morgan fingerprint density at radius 1 is 1.28 bits per heavy atom. The fourth-order valence-electron chi connectivity index (χ4n) is 3.55. The average Bonchev–Trinajstić information content (AvgIpc) is 2.71. The topological polar surface area (TPSA) is 75.1 Å². The number of ether oxygens (including phenoxy) is 2. The second-order valence-electron chi connectivity index (χ2n) is 7.81. The molecule has 0 saturated carbocycles. The first kappa shape index (κ1) is 21.0. The highest BCUT2D eigenvalue weighted by Crippen LogP contribution is 2.39. The van der Waals surface area contributed by atoms with E-state index in [0.29, 0.717) is 5.96 Å². The van der Waals surface area contributed by atoms with Gasteiger partial charge in [0, 0.05) is 18.5 Å². The summed E-state index contributed by atoms with van der Waals surface area (Å²) in [6.45, 7) is 7.19. The van der Waals surface area contributed by atoms with Crippen molar-refractivity contribution in [2.75, 3.05) is 20.2 Å². The van der Waals surface area contributed by atoms with Crippen LogP contribution in [-0.2, 0) is 0 Å². The fraction of sp³-hybridized carbons (Fsp3) is 0.435. The van der Waals surface area contributed by atoms with E-state index in [2.05, 4.69) is 35.5 Å². The van der Waals surface area contributed by atoms with Gasteiger partial charge in [0.05, 0.1) is 25.8 Å². The van der Waals surface area contributed by atoms with Crippen molar-refractivity contribution in [3.63, 3.8) is 0 Å². The molecule has 0 amide bonds. The van der Waals surface area contributed by atoms with Crippen LogP contribution in [0.3, 0.4) is 0 Å². The summed E-state index contributed by atoms with van der Waals surface area (Å²) in [4.78, 5) is 4.62. The Morgan fingerprint density at radius 3 is 2.83 bits per heavy atom. The molecule has 0 bridgehead atoms.